The van der Waals surface area contributed by atoms with Crippen LogP contribution >= 0.6 is 11.6 Å². The average molecular weight is 1610 g/mol. The predicted octanol–water partition coefficient (Wildman–Crippen LogP) is 14.2. The van der Waals surface area contributed by atoms with Crippen LogP contribution in [0.25, 0.3) is 55.4 Å². The molecule has 10 heterocycles. The number of likely N-dealkylation sites (tertiary alicyclic amines) is 2. The van der Waals surface area contributed by atoms with Crippen molar-refractivity contribution in [2.45, 2.75) is 116 Å². The highest BCUT2D eigenvalue weighted by molar-refractivity contribution is 7.00. The number of hydrogen-bond acceptors (Lipinski definition) is 13. The molecular weight excluding hydrogens is 1520 g/mol. The summed E-state index contributed by atoms with van der Waals surface area (Å²) < 4.78 is 22.1. The van der Waals surface area contributed by atoms with E-state index in [0.29, 0.717) is 125 Å². The summed E-state index contributed by atoms with van der Waals surface area (Å²) in [7, 11) is -5.14. The minimum Gasteiger partial charge on any atom is -0.407 e. The summed E-state index contributed by atoms with van der Waals surface area (Å²) in [5.41, 5.74) is 10.2. The van der Waals surface area contributed by atoms with Crippen molar-refractivity contribution in [3.63, 3.8) is 0 Å². The van der Waals surface area contributed by atoms with Gasteiger partial charge < -0.3 is 38.0 Å². The molecule has 592 valence electrons. The lowest BCUT2D eigenvalue weighted by atomic mass is 9.96. The number of benzene rings is 6. The van der Waals surface area contributed by atoms with E-state index in [0.717, 1.165) is 91.4 Å². The van der Waals surface area contributed by atoms with E-state index in [1.165, 1.54) is 20.7 Å². The second-order valence-corrected chi connectivity index (χ2v) is 42.3. The highest BCUT2D eigenvalue weighted by Gasteiger charge is 2.52. The monoisotopic (exact) mass is 1610 g/mol. The maximum Gasteiger partial charge on any atom is 0.320 e. The minimum atomic E-state index is -2.66. The molecule has 0 unspecified atom stereocenters. The quantitative estimate of drug-likeness (QED) is 0.0462. The Kier molecular flexibility index (Phi) is 22.1. The first kappa shape index (κ1) is 79.1. The molecule has 12 aromatic rings. The molecule has 6 aromatic heterocycles. The van der Waals surface area contributed by atoms with Crippen molar-refractivity contribution in [2.75, 3.05) is 52.5 Å². The largest absolute Gasteiger partial charge is 0.407 e. The zero-order valence-electron chi connectivity index (χ0n) is 66.7. The molecule has 4 aliphatic heterocycles. The van der Waals surface area contributed by atoms with Crippen LogP contribution in [0, 0.1) is 34.5 Å². The molecule has 3 amide bonds. The third-order valence-corrected chi connectivity index (χ3v) is 34.5. The van der Waals surface area contributed by atoms with E-state index in [1.807, 2.05) is 98.0 Å². The molecule has 6 aromatic carbocycles. The number of urea groups is 1. The number of rotatable bonds is 14. The number of pyridine rings is 2. The fourth-order valence-electron chi connectivity index (χ4n) is 18.6. The van der Waals surface area contributed by atoms with Crippen molar-refractivity contribution in [1.29, 1.82) is 10.5 Å². The van der Waals surface area contributed by atoms with Gasteiger partial charge in [0, 0.05) is 136 Å². The van der Waals surface area contributed by atoms with Crippen LogP contribution in [0.2, 0.25) is 10.1 Å². The predicted molar refractivity (Wildman–Crippen MR) is 461 cm³/mol. The van der Waals surface area contributed by atoms with Crippen LogP contribution < -0.4 is 26.1 Å². The lowest BCUT2D eigenvalue weighted by molar-refractivity contribution is -0.121. The second-order valence-electron chi connectivity index (χ2n) is 33.4. The number of carbonyl (C=O) groups is 6. The Labute approximate surface area is 687 Å². The van der Waals surface area contributed by atoms with Crippen LogP contribution in [0.4, 0.5) is 9.59 Å². The SMILES string of the molecule is CC(C)(C)[Si](OCC1CCN(C(=O)Cl)CC1)(c1ccccc1)c1ccccc1.CC(C)(C)[Si](OCC1CCN(C(=O)N2CCn3cc(C4=C(c5cnc6ccccn56)C(=O)CC4=O)c4cc(C#N)cc(c43)C2)CC1)(c1ccccc1)c1ccccc1.N#Cc1cc2c3c(c1)c(C1=C(c4cnc5ccccn45)C(=O)CC1=O)cn3CCNC2. The topological polar surface area (TPSA) is 235 Å². The Morgan fingerprint density at radius 3 is 1.30 bits per heavy atom. The van der Waals surface area contributed by atoms with E-state index in [-0.39, 0.29) is 57.4 Å². The zero-order chi connectivity index (χ0) is 81.5. The highest BCUT2D eigenvalue weighted by Crippen LogP contribution is 2.45. The summed E-state index contributed by atoms with van der Waals surface area (Å²) in [5.74, 6) is -0.103. The Morgan fingerprint density at radius 2 is 0.880 bits per heavy atom. The Morgan fingerprint density at radius 1 is 0.487 bits per heavy atom. The highest BCUT2D eigenvalue weighted by atomic mass is 35.5. The van der Waals surface area contributed by atoms with Gasteiger partial charge in [-0.1, -0.05) is 175 Å². The average Bonchev–Trinajstić information content (AvgIpc) is 1.53. The summed E-state index contributed by atoms with van der Waals surface area (Å²) >= 11 is 5.64. The van der Waals surface area contributed by atoms with Crippen LogP contribution in [0.15, 0.2) is 219 Å². The number of nitriles is 2. The molecule has 6 aliphatic rings. The number of hydrogen-bond donors (Lipinski definition) is 1. The number of carbonyl (C=O) groups excluding carboxylic acids is 6. The third kappa shape index (κ3) is 14.9. The van der Waals surface area contributed by atoms with E-state index in [1.54, 1.807) is 23.4 Å². The summed E-state index contributed by atoms with van der Waals surface area (Å²) in [4.78, 5) is 93.3. The molecule has 2 fully saturated rings. The Balaban J connectivity index is 0.000000146. The molecule has 2 aliphatic carbocycles. The van der Waals surface area contributed by atoms with Gasteiger partial charge in [0.15, 0.2) is 23.1 Å². The van der Waals surface area contributed by atoms with E-state index in [9.17, 15) is 39.3 Å². The third-order valence-electron chi connectivity index (χ3n) is 24.2. The van der Waals surface area contributed by atoms with E-state index >= 15 is 0 Å². The number of fused-ring (bicyclic) bond motifs is 2. The number of imidazole rings is 2. The van der Waals surface area contributed by atoms with Crippen LogP contribution in [-0.4, -0.2) is 146 Å². The molecule has 23 heteroatoms. The summed E-state index contributed by atoms with van der Waals surface area (Å²) in [6, 6.07) is 66.0. The number of Topliss-reactive ketones (excluding diaryl/α,β-unsaturated/α-hetero) is 4. The molecule has 18 rings (SSSR count). The number of aromatic nitrogens is 6. The standard InChI is InChI=1S/C47H46N6O4Si.C24H17N5O2.C23H30ClNO2Si/c1-47(2,3)58(35-12-6-4-7-13-35,36-14-8-5-9-15-36)57-31-32-17-20-50(21-18-32)46(56)52-23-22-51-30-38(37-25-33(27-48)24-34(29-52)45(37)51)43-40(54)26-41(55)44(43)39-28-49-42-16-10-11-19-53(39)42;25-10-14-7-15-11-26-4-6-28-13-17(16(8-14)24(15)28)22-19(30)9-20(31)23(22)18-12-27-21-3-1-2-5-29(18)21;1-23(2,3)28(20-10-6-4-7-11-20,21-12-8-5-9-13-21)27-18-19-14-16-25(17-15-19)22(24)26/h4-16,19,24-25,28,30,32H,17-18,20-23,26,29,31H2,1-3H3;1-3,5,7-8,12-13,26H,4,6,9,11H2;4-13,19H,14-18H2,1-3H3. The van der Waals surface area contributed by atoms with Crippen molar-refractivity contribution < 1.29 is 37.6 Å². The van der Waals surface area contributed by atoms with E-state index in [4.69, 9.17) is 20.5 Å². The molecule has 1 N–H and O–H groups in total. The van der Waals surface area contributed by atoms with Crippen LogP contribution in [0.1, 0.15) is 125 Å². The van der Waals surface area contributed by atoms with Gasteiger partial charge in [0.25, 0.3) is 16.6 Å². The van der Waals surface area contributed by atoms with Gasteiger partial charge in [0.2, 0.25) is 0 Å². The fraction of sp³-hybridized carbons (Fsp3) is 0.298. The number of nitrogens with one attached hydrogen (secondary N) is 1. The van der Waals surface area contributed by atoms with Gasteiger partial charge >= 0.3 is 11.4 Å². The molecule has 0 bridgehead atoms. The number of amides is 3. The molecule has 2 saturated heterocycles. The normalized spacial score (nSPS) is 16.5. The van der Waals surface area contributed by atoms with Crippen molar-refractivity contribution in [3.05, 3.63) is 264 Å². The smallest absolute Gasteiger partial charge is 0.320 e. The molecule has 117 heavy (non-hydrogen) atoms. The minimum absolute atomic E-state index is 0.0114. The lowest BCUT2D eigenvalue weighted by Crippen LogP contribution is -2.67. The molecule has 0 atom stereocenters. The van der Waals surface area contributed by atoms with Gasteiger partial charge in [-0.05, 0) is 140 Å². The van der Waals surface area contributed by atoms with Gasteiger partial charge in [-0.15, -0.1) is 0 Å². The number of nitrogens with zero attached hydrogens (tertiary/aromatic N) is 11. The van der Waals surface area contributed by atoms with Crippen molar-refractivity contribution in [3.8, 4) is 12.1 Å². The van der Waals surface area contributed by atoms with E-state index in [2.05, 4.69) is 199 Å². The molecule has 0 saturated carbocycles. The van der Waals surface area contributed by atoms with Gasteiger partial charge in [-0.3, -0.25) is 32.8 Å². The number of ketones is 4. The van der Waals surface area contributed by atoms with Crippen molar-refractivity contribution >= 4 is 139 Å². The molecule has 20 nitrogen and oxygen atoms in total. The lowest BCUT2D eigenvalue weighted by Gasteiger charge is -2.44. The van der Waals surface area contributed by atoms with Gasteiger partial charge in [-0.2, -0.15) is 10.5 Å². The van der Waals surface area contributed by atoms with Gasteiger partial charge in [-0.25, -0.2) is 14.8 Å². The number of piperidine rings is 2. The van der Waals surface area contributed by atoms with E-state index < -0.39 is 16.6 Å². The van der Waals surface area contributed by atoms with Crippen molar-refractivity contribution in [2.24, 2.45) is 11.8 Å². The first-order chi connectivity index (χ1) is 56.6. The number of halogens is 1. The molecule has 0 radical (unpaired) electrons. The maximum atomic E-state index is 14.3. The number of allylic oxidation sites excluding steroid dienone is 4. The van der Waals surface area contributed by atoms with Crippen molar-refractivity contribution in [1.82, 2.24) is 47.9 Å². The first-order valence-corrected chi connectivity index (χ1v) is 44.5. The van der Waals surface area contributed by atoms with Crippen LogP contribution in [0.3, 0.4) is 0 Å². The summed E-state index contributed by atoms with van der Waals surface area (Å²) in [5, 5.41) is 29.3. The Hall–Kier alpha value is -11.7. The maximum absolute atomic E-state index is 14.3. The second kappa shape index (κ2) is 32.7. The van der Waals surface area contributed by atoms with Crippen LogP contribution in [0.5, 0.6) is 0 Å². The van der Waals surface area contributed by atoms with Crippen LogP contribution in [-0.2, 0) is 54.2 Å². The Bertz CT molecular complexity index is 5950. The molecular formula is C94H93ClN12O8Si2. The first-order valence-electron chi connectivity index (χ1n) is 40.3. The molecule has 0 spiro atoms. The zero-order valence-corrected chi connectivity index (χ0v) is 69.5. The summed E-state index contributed by atoms with van der Waals surface area (Å²) in [6.45, 7) is 21.4. The van der Waals surface area contributed by atoms with Gasteiger partial charge in [0.05, 0.1) is 82.1 Å². The summed E-state index contributed by atoms with van der Waals surface area (Å²) in [6.07, 6.45) is 14.1. The fourth-order valence-corrected chi connectivity index (χ4v) is 28.1. The van der Waals surface area contributed by atoms with Gasteiger partial charge in [0.1, 0.15) is 11.3 Å².